The topological polar surface area (TPSA) is 57.4 Å². The molecule has 44 heavy (non-hydrogen) atoms. The lowest BCUT2D eigenvalue weighted by atomic mass is 9.98. The molecule has 0 fully saturated rings. The summed E-state index contributed by atoms with van der Waals surface area (Å²) in [7, 11) is 0. The molecule has 3 aromatic heterocycles. The Balaban J connectivity index is 1.91. The summed E-state index contributed by atoms with van der Waals surface area (Å²) in [6.45, 7) is 18.2. The van der Waals surface area contributed by atoms with Gasteiger partial charge in [0.15, 0.2) is 0 Å². The molecule has 0 radical (unpaired) electrons. The van der Waals surface area contributed by atoms with Crippen LogP contribution in [0, 0.1) is 13.8 Å². The highest BCUT2D eigenvalue weighted by Crippen LogP contribution is 2.38. The van der Waals surface area contributed by atoms with Crippen molar-refractivity contribution in [1.29, 1.82) is 0 Å². The molecule has 234 valence electrons. The Morgan fingerprint density at radius 3 is 1.23 bits per heavy atom. The highest BCUT2D eigenvalue weighted by Gasteiger charge is 2.21. The highest BCUT2D eigenvalue weighted by molar-refractivity contribution is 5.95. The fourth-order valence-corrected chi connectivity index (χ4v) is 6.91. The molecular formula is C40H54N4. The van der Waals surface area contributed by atoms with Crippen LogP contribution in [0.3, 0.4) is 0 Å². The summed E-state index contributed by atoms with van der Waals surface area (Å²) in [5.74, 6) is 0. The zero-order chi connectivity index (χ0) is 31.4. The lowest BCUT2D eigenvalue weighted by Crippen LogP contribution is -1.87. The predicted molar refractivity (Wildman–Crippen MR) is 192 cm³/mol. The first-order valence-corrected chi connectivity index (χ1v) is 17.4. The number of allylic oxidation sites excluding steroid dienone is 4. The third-order valence-electron chi connectivity index (χ3n) is 9.92. The lowest BCUT2D eigenvalue weighted by Gasteiger charge is -2.04. The van der Waals surface area contributed by atoms with E-state index in [0.29, 0.717) is 0 Å². The molecular weight excluding hydrogens is 536 g/mol. The van der Waals surface area contributed by atoms with E-state index in [1.807, 2.05) is 0 Å². The SMILES string of the molecule is CCCCC1=C(C)c2cc3nc(cc4[nH]c(cc5[nH]c(cc1n2)c(C)c5CCCC)c(CCCC)c4C)C(CCCC)=C3C. The predicted octanol–water partition coefficient (Wildman–Crippen LogP) is 11.9. The lowest BCUT2D eigenvalue weighted by molar-refractivity contribution is 0.796. The standard InChI is InChI=1S/C40H54N4/c1-9-13-17-29-25(5)33-21-34-26(6)30(18-14-10-2)38(42-34)23-36-28(8)32(20-16-12-4)40(44-36)24-39-31(19-15-11-3)27(7)35(43-39)22-37(29)41-33/h21-24,43-44H,9-20H2,1-8H3. The highest BCUT2D eigenvalue weighted by atomic mass is 14.8. The number of aryl methyl sites for hydroxylation is 4. The Morgan fingerprint density at radius 1 is 0.455 bits per heavy atom. The molecule has 0 saturated heterocycles. The molecule has 0 aromatic carbocycles. The number of fused-ring (bicyclic) bond motifs is 8. The summed E-state index contributed by atoms with van der Waals surface area (Å²) in [4.78, 5) is 18.4. The van der Waals surface area contributed by atoms with Gasteiger partial charge in [-0.2, -0.15) is 0 Å². The van der Waals surface area contributed by atoms with E-state index in [1.165, 1.54) is 118 Å². The average Bonchev–Trinajstić information content (AvgIpc) is 3.66. The van der Waals surface area contributed by atoms with Gasteiger partial charge in [-0.3, -0.25) is 0 Å². The van der Waals surface area contributed by atoms with Crippen LogP contribution in [0.2, 0.25) is 0 Å². The summed E-state index contributed by atoms with van der Waals surface area (Å²) < 4.78 is 0. The van der Waals surface area contributed by atoms with E-state index in [2.05, 4.69) is 89.6 Å². The van der Waals surface area contributed by atoms with Crippen molar-refractivity contribution in [2.45, 2.75) is 132 Å². The van der Waals surface area contributed by atoms with E-state index in [9.17, 15) is 0 Å². The minimum Gasteiger partial charge on any atom is -0.355 e. The van der Waals surface area contributed by atoms with Crippen LogP contribution < -0.4 is 0 Å². The molecule has 2 aliphatic rings. The smallest absolute Gasteiger partial charge is 0.0693 e. The van der Waals surface area contributed by atoms with E-state index in [4.69, 9.17) is 9.97 Å². The summed E-state index contributed by atoms with van der Waals surface area (Å²) in [5.41, 5.74) is 20.1. The first-order chi connectivity index (χ1) is 21.3. The Morgan fingerprint density at radius 2 is 0.841 bits per heavy atom. The number of H-pyrrole nitrogens is 2. The van der Waals surface area contributed by atoms with Gasteiger partial charge in [-0.25, -0.2) is 9.97 Å². The quantitative estimate of drug-likeness (QED) is 0.220. The molecule has 0 saturated carbocycles. The van der Waals surface area contributed by atoms with Gasteiger partial charge in [-0.1, -0.05) is 53.4 Å². The third kappa shape index (κ3) is 6.36. The van der Waals surface area contributed by atoms with Gasteiger partial charge in [0, 0.05) is 22.1 Å². The summed E-state index contributed by atoms with van der Waals surface area (Å²) >= 11 is 0. The first-order valence-electron chi connectivity index (χ1n) is 17.4. The van der Waals surface area contributed by atoms with Crippen molar-refractivity contribution in [3.05, 3.63) is 69.3 Å². The molecule has 0 aliphatic carbocycles. The van der Waals surface area contributed by atoms with Crippen molar-refractivity contribution in [3.8, 4) is 0 Å². The second-order valence-corrected chi connectivity index (χ2v) is 13.1. The normalized spacial score (nSPS) is 13.5. The number of aromatic nitrogens is 4. The van der Waals surface area contributed by atoms with Crippen molar-refractivity contribution in [2.24, 2.45) is 0 Å². The number of nitrogens with one attached hydrogen (secondary N) is 2. The molecule has 4 heteroatoms. The molecule has 5 heterocycles. The Bertz CT molecular complexity index is 1620. The van der Waals surface area contributed by atoms with Gasteiger partial charge in [-0.15, -0.1) is 0 Å². The minimum atomic E-state index is 1.05. The number of nitrogens with zero attached hydrogens (tertiary/aromatic N) is 2. The van der Waals surface area contributed by atoms with Gasteiger partial charge in [0.2, 0.25) is 0 Å². The first kappa shape index (κ1) is 32.0. The van der Waals surface area contributed by atoms with Crippen LogP contribution in [0.25, 0.3) is 44.4 Å². The maximum absolute atomic E-state index is 5.30. The molecule has 2 aliphatic heterocycles. The molecule has 0 spiro atoms. The van der Waals surface area contributed by atoms with Crippen molar-refractivity contribution < 1.29 is 0 Å². The second-order valence-electron chi connectivity index (χ2n) is 13.1. The molecule has 0 unspecified atom stereocenters. The maximum Gasteiger partial charge on any atom is 0.0693 e. The van der Waals surface area contributed by atoms with E-state index >= 15 is 0 Å². The van der Waals surface area contributed by atoms with Crippen LogP contribution in [-0.4, -0.2) is 19.9 Å². The molecule has 2 N–H and O–H groups in total. The molecule has 5 rings (SSSR count). The number of unbranched alkanes of at least 4 members (excludes halogenated alkanes) is 4. The monoisotopic (exact) mass is 590 g/mol. The average molecular weight is 591 g/mol. The summed E-state index contributed by atoms with van der Waals surface area (Å²) in [5, 5.41) is 0. The van der Waals surface area contributed by atoms with Crippen LogP contribution in [0.1, 0.15) is 151 Å². The van der Waals surface area contributed by atoms with Crippen LogP contribution in [-0.2, 0) is 12.8 Å². The largest absolute Gasteiger partial charge is 0.355 e. The van der Waals surface area contributed by atoms with Crippen LogP contribution in [0.15, 0.2) is 24.3 Å². The number of aromatic amines is 2. The Labute approximate surface area is 265 Å². The van der Waals surface area contributed by atoms with Gasteiger partial charge < -0.3 is 9.97 Å². The Kier molecular flexibility index (Phi) is 10.3. The van der Waals surface area contributed by atoms with E-state index in [-0.39, 0.29) is 0 Å². The zero-order valence-corrected chi connectivity index (χ0v) is 28.7. The second kappa shape index (κ2) is 14.1. The van der Waals surface area contributed by atoms with Gasteiger partial charge in [-0.05, 0) is 148 Å². The summed E-state index contributed by atoms with van der Waals surface area (Å²) in [6.07, 6.45) is 13.7. The summed E-state index contributed by atoms with van der Waals surface area (Å²) in [6, 6.07) is 9.29. The fraction of sp³-hybridized carbons (Fsp3) is 0.500. The van der Waals surface area contributed by atoms with Crippen molar-refractivity contribution >= 4 is 44.4 Å². The third-order valence-corrected chi connectivity index (χ3v) is 9.92. The van der Waals surface area contributed by atoms with E-state index < -0.39 is 0 Å². The van der Waals surface area contributed by atoms with Crippen molar-refractivity contribution in [1.82, 2.24) is 19.9 Å². The number of rotatable bonds is 12. The molecule has 3 aromatic rings. The fourth-order valence-electron chi connectivity index (χ4n) is 6.91. The minimum absolute atomic E-state index is 1.05. The van der Waals surface area contributed by atoms with Crippen LogP contribution >= 0.6 is 0 Å². The zero-order valence-electron chi connectivity index (χ0n) is 28.7. The number of hydrogen-bond donors (Lipinski definition) is 2. The van der Waals surface area contributed by atoms with E-state index in [1.54, 1.807) is 0 Å². The van der Waals surface area contributed by atoms with Gasteiger partial charge >= 0.3 is 0 Å². The number of hydrogen-bond acceptors (Lipinski definition) is 2. The van der Waals surface area contributed by atoms with Gasteiger partial charge in [0.1, 0.15) is 0 Å². The van der Waals surface area contributed by atoms with Crippen LogP contribution in [0.5, 0.6) is 0 Å². The Hall–Kier alpha value is -3.40. The van der Waals surface area contributed by atoms with Crippen molar-refractivity contribution in [3.63, 3.8) is 0 Å². The van der Waals surface area contributed by atoms with Gasteiger partial charge in [0.05, 0.1) is 22.8 Å². The molecule has 0 atom stereocenters. The molecule has 0 amide bonds. The molecule has 4 nitrogen and oxygen atoms in total. The van der Waals surface area contributed by atoms with Gasteiger partial charge in [0.25, 0.3) is 0 Å². The van der Waals surface area contributed by atoms with E-state index in [0.717, 1.165) is 48.5 Å². The van der Waals surface area contributed by atoms with Crippen molar-refractivity contribution in [2.75, 3.05) is 0 Å². The molecule has 8 bridgehead atoms. The maximum atomic E-state index is 5.30. The van der Waals surface area contributed by atoms with Crippen LogP contribution in [0.4, 0.5) is 0 Å².